The van der Waals surface area contributed by atoms with Gasteiger partial charge >= 0.3 is 0 Å². The van der Waals surface area contributed by atoms with Gasteiger partial charge in [-0.3, -0.25) is 5.10 Å². The van der Waals surface area contributed by atoms with Crippen molar-refractivity contribution in [1.29, 1.82) is 0 Å². The molecule has 84 valence electrons. The summed E-state index contributed by atoms with van der Waals surface area (Å²) >= 11 is 1.67. The van der Waals surface area contributed by atoms with Gasteiger partial charge in [0, 0.05) is 5.92 Å². The third-order valence-corrected chi connectivity index (χ3v) is 4.06. The highest BCUT2D eigenvalue weighted by Gasteiger charge is 2.27. The number of aromatic amines is 1. The molecule has 1 unspecified atom stereocenters. The standard InChI is InChI=1S/C11H14N4S/c1-7(8-5-12-6-8)10-13-11(15-14-10)9-3-2-4-16-9/h2-4,7-8,12H,5-6H2,1H3,(H,13,14,15). The van der Waals surface area contributed by atoms with Gasteiger partial charge in [0.25, 0.3) is 0 Å². The Balaban J connectivity index is 1.82. The van der Waals surface area contributed by atoms with E-state index in [9.17, 15) is 0 Å². The number of nitrogens with zero attached hydrogens (tertiary/aromatic N) is 2. The fourth-order valence-corrected chi connectivity index (χ4v) is 2.54. The van der Waals surface area contributed by atoms with Crippen LogP contribution < -0.4 is 5.32 Å². The number of thiophene rings is 1. The van der Waals surface area contributed by atoms with Gasteiger partial charge in [0.1, 0.15) is 5.82 Å². The van der Waals surface area contributed by atoms with Gasteiger partial charge in [-0.1, -0.05) is 13.0 Å². The van der Waals surface area contributed by atoms with Crippen LogP contribution in [-0.4, -0.2) is 28.3 Å². The van der Waals surface area contributed by atoms with E-state index in [1.807, 2.05) is 17.5 Å². The van der Waals surface area contributed by atoms with Gasteiger partial charge in [-0.05, 0) is 30.5 Å². The third-order valence-electron chi connectivity index (χ3n) is 3.20. The number of nitrogens with one attached hydrogen (secondary N) is 2. The van der Waals surface area contributed by atoms with Gasteiger partial charge in [-0.15, -0.1) is 11.3 Å². The molecule has 0 radical (unpaired) electrons. The highest BCUT2D eigenvalue weighted by Crippen LogP contribution is 2.27. The minimum absolute atomic E-state index is 0.461. The van der Waals surface area contributed by atoms with Crippen molar-refractivity contribution in [3.8, 4) is 10.7 Å². The molecule has 16 heavy (non-hydrogen) atoms. The van der Waals surface area contributed by atoms with Crippen molar-refractivity contribution >= 4 is 11.3 Å². The first-order chi connectivity index (χ1) is 7.84. The summed E-state index contributed by atoms with van der Waals surface area (Å²) in [5.41, 5.74) is 0. The van der Waals surface area contributed by atoms with Crippen LogP contribution in [0.1, 0.15) is 18.7 Å². The molecule has 1 saturated heterocycles. The van der Waals surface area contributed by atoms with Crippen molar-refractivity contribution in [1.82, 2.24) is 20.5 Å². The Kier molecular flexibility index (Phi) is 2.49. The molecule has 1 aliphatic heterocycles. The van der Waals surface area contributed by atoms with Crippen LogP contribution in [0.5, 0.6) is 0 Å². The topological polar surface area (TPSA) is 53.6 Å². The molecular formula is C11H14N4S. The molecule has 4 nitrogen and oxygen atoms in total. The van der Waals surface area contributed by atoms with Crippen molar-refractivity contribution < 1.29 is 0 Å². The van der Waals surface area contributed by atoms with E-state index in [1.165, 1.54) is 0 Å². The Morgan fingerprint density at radius 1 is 1.50 bits per heavy atom. The maximum absolute atomic E-state index is 4.57. The van der Waals surface area contributed by atoms with Crippen LogP contribution >= 0.6 is 11.3 Å². The fraction of sp³-hybridized carbons (Fsp3) is 0.455. The molecule has 0 bridgehead atoms. The van der Waals surface area contributed by atoms with Crippen molar-refractivity contribution in [2.45, 2.75) is 12.8 Å². The predicted octanol–water partition coefficient (Wildman–Crippen LogP) is 1.86. The smallest absolute Gasteiger partial charge is 0.191 e. The molecule has 3 rings (SSSR count). The second kappa shape index (κ2) is 3.99. The van der Waals surface area contributed by atoms with E-state index < -0.39 is 0 Å². The third kappa shape index (κ3) is 1.66. The van der Waals surface area contributed by atoms with Crippen LogP contribution in [0.15, 0.2) is 17.5 Å². The van der Waals surface area contributed by atoms with Gasteiger partial charge < -0.3 is 5.32 Å². The van der Waals surface area contributed by atoms with Crippen LogP contribution in [0.4, 0.5) is 0 Å². The quantitative estimate of drug-likeness (QED) is 0.852. The summed E-state index contributed by atoms with van der Waals surface area (Å²) in [7, 11) is 0. The number of hydrogen-bond acceptors (Lipinski definition) is 4. The normalized spacial score (nSPS) is 18.3. The van der Waals surface area contributed by atoms with E-state index in [0.29, 0.717) is 11.8 Å². The molecule has 5 heteroatoms. The number of rotatable bonds is 3. The fourth-order valence-electron chi connectivity index (χ4n) is 1.88. The molecule has 2 aromatic rings. The number of hydrogen-bond donors (Lipinski definition) is 2. The molecular weight excluding hydrogens is 220 g/mol. The monoisotopic (exact) mass is 234 g/mol. The highest BCUT2D eigenvalue weighted by molar-refractivity contribution is 7.13. The number of aromatic nitrogens is 3. The van der Waals surface area contributed by atoms with Gasteiger partial charge in [0.05, 0.1) is 4.88 Å². The Labute approximate surface area is 98.1 Å². The maximum Gasteiger partial charge on any atom is 0.191 e. The lowest BCUT2D eigenvalue weighted by Crippen LogP contribution is -2.44. The van der Waals surface area contributed by atoms with Crippen LogP contribution in [0.2, 0.25) is 0 Å². The summed E-state index contributed by atoms with van der Waals surface area (Å²) < 4.78 is 0. The first-order valence-electron chi connectivity index (χ1n) is 5.51. The van der Waals surface area contributed by atoms with E-state index in [0.717, 1.165) is 29.6 Å². The lowest BCUT2D eigenvalue weighted by atomic mass is 9.88. The molecule has 0 saturated carbocycles. The molecule has 2 N–H and O–H groups in total. The maximum atomic E-state index is 4.57. The molecule has 3 heterocycles. The first-order valence-corrected chi connectivity index (χ1v) is 6.39. The molecule has 0 spiro atoms. The Morgan fingerprint density at radius 3 is 3.00 bits per heavy atom. The summed E-state index contributed by atoms with van der Waals surface area (Å²) in [6.07, 6.45) is 0. The molecule has 1 atom stereocenters. The lowest BCUT2D eigenvalue weighted by Gasteiger charge is -2.31. The lowest BCUT2D eigenvalue weighted by molar-refractivity contribution is 0.296. The van der Waals surface area contributed by atoms with Crippen molar-refractivity contribution in [2.75, 3.05) is 13.1 Å². The van der Waals surface area contributed by atoms with E-state index in [2.05, 4.69) is 27.4 Å². The molecule has 0 amide bonds. The number of H-pyrrole nitrogens is 1. The summed E-state index contributed by atoms with van der Waals surface area (Å²) in [4.78, 5) is 5.70. The zero-order chi connectivity index (χ0) is 11.0. The SMILES string of the molecule is CC(c1nc(-c2cccs2)n[nH]1)C1CNC1. The van der Waals surface area contributed by atoms with Gasteiger partial charge in [0.2, 0.25) is 0 Å². The van der Waals surface area contributed by atoms with Gasteiger partial charge in [-0.2, -0.15) is 5.10 Å². The zero-order valence-corrected chi connectivity index (χ0v) is 9.92. The van der Waals surface area contributed by atoms with E-state index in [1.54, 1.807) is 11.3 Å². The zero-order valence-electron chi connectivity index (χ0n) is 9.10. The Hall–Kier alpha value is -1.20. The van der Waals surface area contributed by atoms with E-state index in [-0.39, 0.29) is 0 Å². The molecule has 1 fully saturated rings. The van der Waals surface area contributed by atoms with Crippen LogP contribution in [0, 0.1) is 5.92 Å². The van der Waals surface area contributed by atoms with E-state index in [4.69, 9.17) is 0 Å². The molecule has 0 aliphatic carbocycles. The van der Waals surface area contributed by atoms with Crippen LogP contribution in [0.25, 0.3) is 10.7 Å². The van der Waals surface area contributed by atoms with E-state index >= 15 is 0 Å². The van der Waals surface area contributed by atoms with Crippen molar-refractivity contribution in [2.24, 2.45) is 5.92 Å². The summed E-state index contributed by atoms with van der Waals surface area (Å²) in [5, 5.41) is 12.7. The first kappa shape index (κ1) is 9.99. The van der Waals surface area contributed by atoms with Crippen LogP contribution in [-0.2, 0) is 0 Å². The van der Waals surface area contributed by atoms with Gasteiger partial charge in [0.15, 0.2) is 5.82 Å². The Bertz CT molecular complexity index is 458. The second-order valence-electron chi connectivity index (χ2n) is 4.23. The summed E-state index contributed by atoms with van der Waals surface area (Å²) in [6, 6.07) is 4.07. The predicted molar refractivity (Wildman–Crippen MR) is 64.5 cm³/mol. The average Bonchev–Trinajstić information content (AvgIpc) is 2.86. The van der Waals surface area contributed by atoms with Gasteiger partial charge in [-0.25, -0.2) is 4.98 Å². The molecule has 2 aromatic heterocycles. The van der Waals surface area contributed by atoms with Crippen LogP contribution in [0.3, 0.4) is 0 Å². The largest absolute Gasteiger partial charge is 0.316 e. The Morgan fingerprint density at radius 2 is 2.38 bits per heavy atom. The minimum Gasteiger partial charge on any atom is -0.316 e. The summed E-state index contributed by atoms with van der Waals surface area (Å²) in [5.74, 6) is 2.99. The average molecular weight is 234 g/mol. The van der Waals surface area contributed by atoms with Crippen molar-refractivity contribution in [3.05, 3.63) is 23.3 Å². The molecule has 1 aliphatic rings. The second-order valence-corrected chi connectivity index (χ2v) is 5.18. The van der Waals surface area contributed by atoms with Crippen molar-refractivity contribution in [3.63, 3.8) is 0 Å². The minimum atomic E-state index is 0.461. The summed E-state index contributed by atoms with van der Waals surface area (Å²) in [6.45, 7) is 4.40. The highest BCUT2D eigenvalue weighted by atomic mass is 32.1. The molecule has 0 aromatic carbocycles.